The highest BCUT2D eigenvalue weighted by Crippen LogP contribution is 2.59. The molecule has 1 aromatic rings. The Bertz CT molecular complexity index is 439. The molecule has 4 aliphatic carbocycles. The molecule has 1 aromatic heterocycles. The maximum atomic E-state index is 6.35. The first kappa shape index (κ1) is 12.9. The van der Waals surface area contributed by atoms with Crippen molar-refractivity contribution >= 4 is 0 Å². The molecule has 0 unspecified atom stereocenters. The van der Waals surface area contributed by atoms with Gasteiger partial charge in [-0.15, -0.1) is 0 Å². The molecule has 0 atom stereocenters. The van der Waals surface area contributed by atoms with Crippen molar-refractivity contribution in [2.24, 2.45) is 29.4 Å². The third-order valence-electron chi connectivity index (χ3n) is 6.59. The monoisotopic (exact) mass is 274 g/mol. The maximum Gasteiger partial charge on any atom is 0.0947 e. The number of rotatable bonds is 4. The van der Waals surface area contributed by atoms with Crippen molar-refractivity contribution in [3.8, 4) is 0 Å². The van der Waals surface area contributed by atoms with Crippen molar-refractivity contribution in [1.82, 2.24) is 4.90 Å². The molecule has 0 aliphatic heterocycles. The fourth-order valence-electron chi connectivity index (χ4n) is 5.92. The highest BCUT2D eigenvalue weighted by Gasteiger charge is 2.58. The number of nitrogens with two attached hydrogens (primary N) is 1. The minimum absolute atomic E-state index is 0.241. The standard InChI is InChI=1S/C17H26N2O/c1-19(9-12-2-3-20-10-12)17(11-18)15-5-13-4-14(7-15)8-16(17)6-13/h2-3,10,13-16H,4-9,11,18H2,1H3. The zero-order valence-electron chi connectivity index (χ0n) is 12.4. The minimum Gasteiger partial charge on any atom is -0.472 e. The molecule has 4 saturated carbocycles. The van der Waals surface area contributed by atoms with E-state index in [9.17, 15) is 0 Å². The van der Waals surface area contributed by atoms with E-state index in [2.05, 4.69) is 18.0 Å². The van der Waals surface area contributed by atoms with Crippen LogP contribution >= 0.6 is 0 Å². The summed E-state index contributed by atoms with van der Waals surface area (Å²) in [7, 11) is 2.28. The van der Waals surface area contributed by atoms with E-state index >= 15 is 0 Å². The van der Waals surface area contributed by atoms with Gasteiger partial charge in [0.25, 0.3) is 0 Å². The Morgan fingerprint density at radius 2 is 1.85 bits per heavy atom. The summed E-state index contributed by atoms with van der Waals surface area (Å²) in [5.74, 6) is 3.64. The van der Waals surface area contributed by atoms with E-state index in [0.717, 1.165) is 36.8 Å². The predicted octanol–water partition coefficient (Wildman–Crippen LogP) is 2.87. The van der Waals surface area contributed by atoms with Crippen LogP contribution in [0.3, 0.4) is 0 Å². The smallest absolute Gasteiger partial charge is 0.0947 e. The minimum atomic E-state index is 0.241. The average molecular weight is 274 g/mol. The Labute approximate surface area is 121 Å². The molecular weight excluding hydrogens is 248 g/mol. The first-order valence-electron chi connectivity index (χ1n) is 8.14. The second-order valence-electron chi connectivity index (χ2n) is 7.49. The molecule has 4 aliphatic rings. The number of nitrogens with zero attached hydrogens (tertiary/aromatic N) is 1. The summed E-state index contributed by atoms with van der Waals surface area (Å²) in [5.41, 5.74) is 7.87. The summed E-state index contributed by atoms with van der Waals surface area (Å²) in [4.78, 5) is 2.56. The zero-order valence-corrected chi connectivity index (χ0v) is 12.4. The molecule has 0 aromatic carbocycles. The van der Waals surface area contributed by atoms with Gasteiger partial charge in [0.2, 0.25) is 0 Å². The fraction of sp³-hybridized carbons (Fsp3) is 0.765. The van der Waals surface area contributed by atoms with E-state index in [-0.39, 0.29) is 5.54 Å². The van der Waals surface area contributed by atoms with Gasteiger partial charge in [0.15, 0.2) is 0 Å². The molecule has 0 radical (unpaired) electrons. The molecule has 20 heavy (non-hydrogen) atoms. The molecule has 0 spiro atoms. The normalized spacial score (nSPS) is 42.5. The Morgan fingerprint density at radius 1 is 1.20 bits per heavy atom. The Balaban J connectivity index is 1.62. The number of likely N-dealkylation sites (N-methyl/N-ethyl adjacent to an activating group) is 1. The van der Waals surface area contributed by atoms with Crippen LogP contribution in [0.4, 0.5) is 0 Å². The van der Waals surface area contributed by atoms with Gasteiger partial charge in [0.05, 0.1) is 12.5 Å². The van der Waals surface area contributed by atoms with Crippen molar-refractivity contribution < 1.29 is 4.42 Å². The number of furan rings is 1. The molecule has 0 amide bonds. The number of hydrogen-bond acceptors (Lipinski definition) is 3. The second kappa shape index (κ2) is 4.60. The summed E-state index contributed by atoms with van der Waals surface area (Å²) >= 11 is 0. The van der Waals surface area contributed by atoms with E-state index in [0.29, 0.717) is 0 Å². The average Bonchev–Trinajstić information content (AvgIpc) is 2.91. The van der Waals surface area contributed by atoms with Crippen LogP contribution in [0.1, 0.15) is 37.7 Å². The quantitative estimate of drug-likeness (QED) is 0.918. The zero-order chi connectivity index (χ0) is 13.7. The lowest BCUT2D eigenvalue weighted by Gasteiger charge is -2.64. The van der Waals surface area contributed by atoms with E-state index in [1.165, 1.54) is 37.7 Å². The van der Waals surface area contributed by atoms with E-state index in [4.69, 9.17) is 10.2 Å². The third kappa shape index (κ3) is 1.72. The lowest BCUT2D eigenvalue weighted by Crippen LogP contribution is -2.68. The summed E-state index contributed by atoms with van der Waals surface area (Å²) in [6, 6.07) is 2.08. The van der Waals surface area contributed by atoms with E-state index in [1.807, 2.05) is 6.26 Å². The van der Waals surface area contributed by atoms with Crippen LogP contribution in [-0.2, 0) is 6.54 Å². The molecule has 3 nitrogen and oxygen atoms in total. The van der Waals surface area contributed by atoms with Gasteiger partial charge in [0.1, 0.15) is 0 Å². The Morgan fingerprint density at radius 3 is 2.35 bits per heavy atom. The van der Waals surface area contributed by atoms with Crippen LogP contribution in [0.2, 0.25) is 0 Å². The van der Waals surface area contributed by atoms with Gasteiger partial charge in [-0.05, 0) is 68.9 Å². The van der Waals surface area contributed by atoms with Gasteiger partial charge in [-0.25, -0.2) is 0 Å². The van der Waals surface area contributed by atoms with Crippen molar-refractivity contribution in [2.75, 3.05) is 13.6 Å². The molecule has 4 bridgehead atoms. The van der Waals surface area contributed by atoms with Crippen molar-refractivity contribution in [1.29, 1.82) is 0 Å². The maximum absolute atomic E-state index is 6.35. The van der Waals surface area contributed by atoms with Crippen molar-refractivity contribution in [3.05, 3.63) is 24.2 Å². The molecule has 4 fully saturated rings. The van der Waals surface area contributed by atoms with Crippen LogP contribution in [0.15, 0.2) is 23.0 Å². The fourth-order valence-corrected chi connectivity index (χ4v) is 5.92. The van der Waals surface area contributed by atoms with Gasteiger partial charge in [0, 0.05) is 24.2 Å². The SMILES string of the molecule is CN(Cc1ccoc1)C1(CN)C2CC3CC(C2)CC1C3. The first-order chi connectivity index (χ1) is 9.72. The van der Waals surface area contributed by atoms with E-state index in [1.54, 1.807) is 6.26 Å². The van der Waals surface area contributed by atoms with E-state index < -0.39 is 0 Å². The van der Waals surface area contributed by atoms with Crippen LogP contribution < -0.4 is 5.73 Å². The summed E-state index contributed by atoms with van der Waals surface area (Å²) in [6.45, 7) is 1.78. The van der Waals surface area contributed by atoms with Crippen molar-refractivity contribution in [3.63, 3.8) is 0 Å². The van der Waals surface area contributed by atoms with Gasteiger partial charge in [-0.3, -0.25) is 4.90 Å². The van der Waals surface area contributed by atoms with Crippen molar-refractivity contribution in [2.45, 2.75) is 44.2 Å². The van der Waals surface area contributed by atoms with Crippen LogP contribution in [0.25, 0.3) is 0 Å². The predicted molar refractivity (Wildman–Crippen MR) is 79.0 cm³/mol. The highest BCUT2D eigenvalue weighted by atomic mass is 16.3. The second-order valence-corrected chi connectivity index (χ2v) is 7.49. The topological polar surface area (TPSA) is 42.4 Å². The van der Waals surface area contributed by atoms with Crippen LogP contribution in [0.5, 0.6) is 0 Å². The van der Waals surface area contributed by atoms with Gasteiger partial charge < -0.3 is 10.2 Å². The molecular formula is C17H26N2O. The molecule has 0 saturated heterocycles. The first-order valence-corrected chi connectivity index (χ1v) is 8.14. The van der Waals surface area contributed by atoms with Gasteiger partial charge in [-0.1, -0.05) is 0 Å². The molecule has 5 rings (SSSR count). The number of hydrogen-bond donors (Lipinski definition) is 1. The largest absolute Gasteiger partial charge is 0.472 e. The van der Waals surface area contributed by atoms with Crippen LogP contribution in [-0.4, -0.2) is 24.0 Å². The summed E-state index contributed by atoms with van der Waals surface area (Å²) in [6.07, 6.45) is 10.8. The Kier molecular flexibility index (Phi) is 2.97. The third-order valence-corrected chi connectivity index (χ3v) is 6.59. The molecule has 2 N–H and O–H groups in total. The lowest BCUT2D eigenvalue weighted by molar-refractivity contribution is -0.126. The molecule has 1 heterocycles. The lowest BCUT2D eigenvalue weighted by atomic mass is 9.48. The highest BCUT2D eigenvalue weighted by molar-refractivity contribution is 5.14. The van der Waals surface area contributed by atoms with Gasteiger partial charge in [-0.2, -0.15) is 0 Å². The molecule has 3 heteroatoms. The molecule has 110 valence electrons. The summed E-state index contributed by atoms with van der Waals surface area (Å²) < 4.78 is 5.23. The summed E-state index contributed by atoms with van der Waals surface area (Å²) in [5, 5.41) is 0. The van der Waals surface area contributed by atoms with Crippen LogP contribution in [0, 0.1) is 23.7 Å². The van der Waals surface area contributed by atoms with Gasteiger partial charge >= 0.3 is 0 Å². The Hall–Kier alpha value is -0.800.